The third-order valence-corrected chi connectivity index (χ3v) is 3.59. The first kappa shape index (κ1) is 10.5. The van der Waals surface area contributed by atoms with Crippen LogP contribution in [0.15, 0.2) is 12.5 Å². The van der Waals surface area contributed by atoms with E-state index in [-0.39, 0.29) is 0 Å². The van der Waals surface area contributed by atoms with Crippen LogP contribution in [0.1, 0.15) is 19.8 Å². The third kappa shape index (κ3) is 1.75. The number of piperidine rings is 1. The van der Waals surface area contributed by atoms with Crippen molar-refractivity contribution in [3.8, 4) is 0 Å². The van der Waals surface area contributed by atoms with Gasteiger partial charge in [0.05, 0.1) is 11.6 Å². The Morgan fingerprint density at radius 3 is 2.76 bits per heavy atom. The van der Waals surface area contributed by atoms with Crippen molar-refractivity contribution in [3.63, 3.8) is 0 Å². The molecule has 5 nitrogen and oxygen atoms in total. The molecule has 1 aliphatic rings. The van der Waals surface area contributed by atoms with Crippen molar-refractivity contribution in [3.05, 3.63) is 12.5 Å². The van der Waals surface area contributed by atoms with Crippen LogP contribution in [-0.4, -0.2) is 32.8 Å². The maximum atomic E-state index is 4.43. The van der Waals surface area contributed by atoms with Gasteiger partial charge in [-0.3, -0.25) is 4.68 Å². The molecule has 0 saturated carbocycles. The van der Waals surface area contributed by atoms with Gasteiger partial charge in [0.1, 0.15) is 12.1 Å². The summed E-state index contributed by atoms with van der Waals surface area (Å²) in [7, 11) is 1.91. The van der Waals surface area contributed by atoms with Gasteiger partial charge < -0.3 is 4.90 Å². The molecule has 1 saturated heterocycles. The van der Waals surface area contributed by atoms with E-state index < -0.39 is 0 Å². The standard InChI is InChI=1S/C12H17N5/c1-9-3-5-17(6-4-9)12-10-7-15-16(2)11(10)13-8-14-12/h7-9H,3-6H2,1-2H3. The zero-order valence-corrected chi connectivity index (χ0v) is 10.3. The Labute approximate surface area is 100 Å². The first-order valence-electron chi connectivity index (χ1n) is 6.13. The number of fused-ring (bicyclic) bond motifs is 1. The fourth-order valence-corrected chi connectivity index (χ4v) is 2.42. The molecule has 3 heterocycles. The maximum absolute atomic E-state index is 4.43. The molecular weight excluding hydrogens is 214 g/mol. The zero-order chi connectivity index (χ0) is 11.8. The molecule has 5 heteroatoms. The van der Waals surface area contributed by atoms with Gasteiger partial charge >= 0.3 is 0 Å². The highest BCUT2D eigenvalue weighted by molar-refractivity contribution is 5.86. The highest BCUT2D eigenvalue weighted by Crippen LogP contribution is 2.26. The normalized spacial score (nSPS) is 17.9. The quantitative estimate of drug-likeness (QED) is 0.748. The fraction of sp³-hybridized carbons (Fsp3) is 0.583. The number of nitrogens with zero attached hydrogens (tertiary/aromatic N) is 5. The molecule has 0 aromatic carbocycles. The smallest absolute Gasteiger partial charge is 0.163 e. The van der Waals surface area contributed by atoms with Crippen LogP contribution < -0.4 is 4.90 Å². The largest absolute Gasteiger partial charge is 0.356 e. The molecule has 1 aliphatic heterocycles. The summed E-state index contributed by atoms with van der Waals surface area (Å²) < 4.78 is 1.80. The van der Waals surface area contributed by atoms with Crippen molar-refractivity contribution in [1.29, 1.82) is 0 Å². The van der Waals surface area contributed by atoms with Crippen LogP contribution >= 0.6 is 0 Å². The van der Waals surface area contributed by atoms with E-state index in [1.807, 2.05) is 13.2 Å². The summed E-state index contributed by atoms with van der Waals surface area (Å²) in [6.45, 7) is 4.49. The lowest BCUT2D eigenvalue weighted by atomic mass is 9.99. The van der Waals surface area contributed by atoms with Crippen LogP contribution in [0.4, 0.5) is 5.82 Å². The van der Waals surface area contributed by atoms with Gasteiger partial charge in [0, 0.05) is 20.1 Å². The Balaban J connectivity index is 2.00. The first-order valence-corrected chi connectivity index (χ1v) is 6.13. The van der Waals surface area contributed by atoms with Gasteiger partial charge in [-0.2, -0.15) is 5.10 Å². The number of hydrogen-bond acceptors (Lipinski definition) is 4. The summed E-state index contributed by atoms with van der Waals surface area (Å²) in [6, 6.07) is 0. The second-order valence-electron chi connectivity index (χ2n) is 4.87. The van der Waals surface area contributed by atoms with E-state index in [4.69, 9.17) is 0 Å². The molecule has 17 heavy (non-hydrogen) atoms. The maximum Gasteiger partial charge on any atom is 0.163 e. The molecule has 0 radical (unpaired) electrons. The highest BCUT2D eigenvalue weighted by Gasteiger charge is 2.19. The molecule has 0 aliphatic carbocycles. The lowest BCUT2D eigenvalue weighted by Gasteiger charge is -2.31. The van der Waals surface area contributed by atoms with Crippen LogP contribution in [0.3, 0.4) is 0 Å². The van der Waals surface area contributed by atoms with Crippen LogP contribution in [-0.2, 0) is 7.05 Å². The Morgan fingerprint density at radius 1 is 1.24 bits per heavy atom. The first-order chi connectivity index (χ1) is 8.25. The van der Waals surface area contributed by atoms with Crippen molar-refractivity contribution in [2.45, 2.75) is 19.8 Å². The lowest BCUT2D eigenvalue weighted by molar-refractivity contribution is 0.437. The molecule has 2 aromatic rings. The molecule has 90 valence electrons. The zero-order valence-electron chi connectivity index (χ0n) is 10.3. The Morgan fingerprint density at radius 2 is 2.00 bits per heavy atom. The van der Waals surface area contributed by atoms with Crippen molar-refractivity contribution in [2.24, 2.45) is 13.0 Å². The Bertz CT molecular complexity index is 525. The molecule has 0 unspecified atom stereocenters. The number of aromatic nitrogens is 4. The summed E-state index contributed by atoms with van der Waals surface area (Å²) >= 11 is 0. The molecule has 0 bridgehead atoms. The molecule has 1 fully saturated rings. The summed E-state index contributed by atoms with van der Waals surface area (Å²) in [6.07, 6.45) is 5.98. The van der Waals surface area contributed by atoms with Crippen molar-refractivity contribution < 1.29 is 0 Å². The van der Waals surface area contributed by atoms with E-state index in [0.717, 1.165) is 35.9 Å². The Kier molecular flexibility index (Phi) is 2.46. The minimum absolute atomic E-state index is 0.831. The predicted molar refractivity (Wildman–Crippen MR) is 66.9 cm³/mol. The number of anilines is 1. The molecule has 0 spiro atoms. The third-order valence-electron chi connectivity index (χ3n) is 3.59. The molecule has 3 rings (SSSR count). The van der Waals surface area contributed by atoms with Crippen LogP contribution in [0.25, 0.3) is 11.0 Å². The number of hydrogen-bond donors (Lipinski definition) is 0. The minimum Gasteiger partial charge on any atom is -0.356 e. The summed E-state index contributed by atoms with van der Waals surface area (Å²) in [4.78, 5) is 11.1. The Hall–Kier alpha value is -1.65. The van der Waals surface area contributed by atoms with E-state index in [9.17, 15) is 0 Å². The average molecular weight is 231 g/mol. The molecular formula is C12H17N5. The second kappa shape index (κ2) is 3.98. The molecule has 0 amide bonds. The van der Waals surface area contributed by atoms with Gasteiger partial charge in [0.15, 0.2) is 5.65 Å². The van der Waals surface area contributed by atoms with Gasteiger partial charge in [-0.25, -0.2) is 9.97 Å². The average Bonchev–Trinajstić information content (AvgIpc) is 2.73. The minimum atomic E-state index is 0.831. The van der Waals surface area contributed by atoms with Gasteiger partial charge in [-0.1, -0.05) is 6.92 Å². The van der Waals surface area contributed by atoms with Gasteiger partial charge in [0.2, 0.25) is 0 Å². The fourth-order valence-electron chi connectivity index (χ4n) is 2.42. The second-order valence-corrected chi connectivity index (χ2v) is 4.87. The van der Waals surface area contributed by atoms with E-state index >= 15 is 0 Å². The van der Waals surface area contributed by atoms with Gasteiger partial charge in [0.25, 0.3) is 0 Å². The predicted octanol–water partition coefficient (Wildman–Crippen LogP) is 1.60. The summed E-state index contributed by atoms with van der Waals surface area (Å²) in [5.41, 5.74) is 0.911. The topological polar surface area (TPSA) is 46.8 Å². The summed E-state index contributed by atoms with van der Waals surface area (Å²) in [5, 5.41) is 5.31. The van der Waals surface area contributed by atoms with E-state index in [1.165, 1.54) is 12.8 Å². The lowest BCUT2D eigenvalue weighted by Crippen LogP contribution is -2.33. The van der Waals surface area contributed by atoms with E-state index in [2.05, 4.69) is 26.9 Å². The monoisotopic (exact) mass is 231 g/mol. The molecule has 2 aromatic heterocycles. The molecule has 0 N–H and O–H groups in total. The highest BCUT2D eigenvalue weighted by atomic mass is 15.3. The van der Waals surface area contributed by atoms with Gasteiger partial charge in [-0.15, -0.1) is 0 Å². The summed E-state index contributed by atoms with van der Waals surface area (Å²) in [5.74, 6) is 1.87. The van der Waals surface area contributed by atoms with Gasteiger partial charge in [-0.05, 0) is 18.8 Å². The van der Waals surface area contributed by atoms with Crippen LogP contribution in [0.2, 0.25) is 0 Å². The van der Waals surface area contributed by atoms with Crippen LogP contribution in [0.5, 0.6) is 0 Å². The van der Waals surface area contributed by atoms with E-state index in [0.29, 0.717) is 0 Å². The van der Waals surface area contributed by atoms with E-state index in [1.54, 1.807) is 11.0 Å². The molecule has 0 atom stereocenters. The SMILES string of the molecule is CC1CCN(c2ncnc3c2cnn3C)CC1. The van der Waals surface area contributed by atoms with Crippen LogP contribution in [0, 0.1) is 5.92 Å². The van der Waals surface area contributed by atoms with Crippen molar-refractivity contribution in [1.82, 2.24) is 19.7 Å². The van der Waals surface area contributed by atoms with Crippen molar-refractivity contribution in [2.75, 3.05) is 18.0 Å². The van der Waals surface area contributed by atoms with Crippen molar-refractivity contribution >= 4 is 16.9 Å². The number of rotatable bonds is 1. The number of aryl methyl sites for hydroxylation is 1.